The van der Waals surface area contributed by atoms with Gasteiger partial charge in [0.15, 0.2) is 9.84 Å². The molecular weight excluding hydrogens is 354 g/mol. The second-order valence-electron chi connectivity index (χ2n) is 5.94. The van der Waals surface area contributed by atoms with Crippen LogP contribution in [0.25, 0.3) is 0 Å². The van der Waals surface area contributed by atoms with Crippen molar-refractivity contribution in [1.29, 1.82) is 0 Å². The first kappa shape index (κ1) is 18.2. The van der Waals surface area contributed by atoms with Gasteiger partial charge < -0.3 is 5.32 Å². The largest absolute Gasteiger partial charge is 0.352 e. The summed E-state index contributed by atoms with van der Waals surface area (Å²) in [6, 6.07) is 5.99. The van der Waals surface area contributed by atoms with E-state index in [2.05, 4.69) is 35.1 Å². The molecule has 0 spiro atoms. The maximum absolute atomic E-state index is 12.1. The Hall–Kier alpha value is -0.880. The van der Waals surface area contributed by atoms with Crippen LogP contribution < -0.4 is 5.32 Å². The molecule has 6 heteroatoms. The van der Waals surface area contributed by atoms with E-state index in [1.807, 2.05) is 0 Å². The maximum Gasteiger partial charge on any atom is 0.251 e. The summed E-state index contributed by atoms with van der Waals surface area (Å²) in [5, 5.41) is 3.86. The molecular formula is C15H22BrNO3S. The smallest absolute Gasteiger partial charge is 0.251 e. The Kier molecular flexibility index (Phi) is 6.41. The van der Waals surface area contributed by atoms with Crippen LogP contribution in [0.4, 0.5) is 0 Å². The molecule has 0 saturated heterocycles. The van der Waals surface area contributed by atoms with Crippen molar-refractivity contribution >= 4 is 31.7 Å². The number of carbonyl (C=O) groups excluding carboxylic acids is 1. The van der Waals surface area contributed by atoms with Gasteiger partial charge in [-0.15, -0.1) is 0 Å². The molecule has 0 fully saturated rings. The summed E-state index contributed by atoms with van der Waals surface area (Å²) in [6.07, 6.45) is 3.23. The zero-order valence-electron chi connectivity index (χ0n) is 12.6. The van der Waals surface area contributed by atoms with E-state index in [1.165, 1.54) is 24.3 Å². The number of nitrogens with one attached hydrogen (secondary N) is 1. The molecule has 0 saturated carbocycles. The van der Waals surface area contributed by atoms with Crippen molar-refractivity contribution in [2.45, 2.75) is 31.6 Å². The van der Waals surface area contributed by atoms with Gasteiger partial charge in [0.05, 0.1) is 4.90 Å². The van der Waals surface area contributed by atoms with Gasteiger partial charge in [-0.2, -0.15) is 0 Å². The Morgan fingerprint density at radius 3 is 2.29 bits per heavy atom. The van der Waals surface area contributed by atoms with Crippen molar-refractivity contribution in [3.8, 4) is 0 Å². The molecule has 0 aliphatic heterocycles. The van der Waals surface area contributed by atoms with Crippen LogP contribution >= 0.6 is 15.9 Å². The van der Waals surface area contributed by atoms with Crippen molar-refractivity contribution in [2.75, 3.05) is 18.1 Å². The number of halogens is 1. The first-order chi connectivity index (χ1) is 9.65. The van der Waals surface area contributed by atoms with Gasteiger partial charge in [-0.05, 0) is 42.5 Å². The molecule has 1 aromatic carbocycles. The van der Waals surface area contributed by atoms with E-state index in [-0.39, 0.29) is 16.2 Å². The lowest BCUT2D eigenvalue weighted by Crippen LogP contribution is -2.34. The fraction of sp³-hybridized carbons (Fsp3) is 0.533. The summed E-state index contributed by atoms with van der Waals surface area (Å²) in [4.78, 5) is 12.3. The minimum Gasteiger partial charge on any atom is -0.352 e. The van der Waals surface area contributed by atoms with Gasteiger partial charge >= 0.3 is 0 Å². The number of benzene rings is 1. The van der Waals surface area contributed by atoms with Gasteiger partial charge in [-0.3, -0.25) is 4.79 Å². The number of amides is 1. The number of hydrogen-bond acceptors (Lipinski definition) is 3. The molecule has 1 rings (SSSR count). The monoisotopic (exact) mass is 375 g/mol. The van der Waals surface area contributed by atoms with Gasteiger partial charge in [-0.25, -0.2) is 8.42 Å². The molecule has 4 nitrogen and oxygen atoms in total. The lowest BCUT2D eigenvalue weighted by atomic mass is 9.88. The van der Waals surface area contributed by atoms with Crippen molar-refractivity contribution in [2.24, 2.45) is 5.41 Å². The minimum absolute atomic E-state index is 0.0378. The summed E-state index contributed by atoms with van der Waals surface area (Å²) >= 11 is 3.41. The third-order valence-corrected chi connectivity index (χ3v) is 4.95. The summed E-state index contributed by atoms with van der Waals surface area (Å²) < 4.78 is 22.7. The highest BCUT2D eigenvalue weighted by Crippen LogP contribution is 2.21. The van der Waals surface area contributed by atoms with Crippen molar-refractivity contribution in [3.05, 3.63) is 29.8 Å². The molecule has 0 aliphatic rings. The lowest BCUT2D eigenvalue weighted by molar-refractivity contribution is 0.0934. The Morgan fingerprint density at radius 2 is 1.81 bits per heavy atom. The third kappa shape index (κ3) is 6.18. The Bertz CT molecular complexity index is 579. The summed E-state index contributed by atoms with van der Waals surface area (Å²) in [5.41, 5.74) is 0.509. The fourth-order valence-corrected chi connectivity index (χ4v) is 2.82. The average Bonchev–Trinajstić information content (AvgIpc) is 2.42. The number of hydrogen-bond donors (Lipinski definition) is 1. The van der Waals surface area contributed by atoms with E-state index in [0.717, 1.165) is 24.4 Å². The first-order valence-corrected chi connectivity index (χ1v) is 9.81. The van der Waals surface area contributed by atoms with Crippen LogP contribution in [0.2, 0.25) is 0 Å². The molecule has 1 aromatic rings. The normalized spacial score (nSPS) is 12.2. The van der Waals surface area contributed by atoms with Gasteiger partial charge in [0, 0.05) is 23.7 Å². The summed E-state index contributed by atoms with van der Waals surface area (Å²) in [5.74, 6) is -0.179. The van der Waals surface area contributed by atoms with E-state index in [9.17, 15) is 13.2 Å². The first-order valence-electron chi connectivity index (χ1n) is 6.80. The highest BCUT2D eigenvalue weighted by atomic mass is 79.9. The highest BCUT2D eigenvalue weighted by Gasteiger charge is 2.19. The molecule has 0 unspecified atom stereocenters. The molecule has 0 radical (unpaired) electrons. The zero-order chi connectivity index (χ0) is 16.1. The quantitative estimate of drug-likeness (QED) is 0.744. The van der Waals surface area contributed by atoms with Crippen molar-refractivity contribution < 1.29 is 13.2 Å². The average molecular weight is 376 g/mol. The second kappa shape index (κ2) is 7.40. The highest BCUT2D eigenvalue weighted by molar-refractivity contribution is 9.09. The van der Waals surface area contributed by atoms with Gasteiger partial charge in [-0.1, -0.05) is 29.8 Å². The van der Waals surface area contributed by atoms with Crippen molar-refractivity contribution in [3.63, 3.8) is 0 Å². The Morgan fingerprint density at radius 1 is 1.24 bits per heavy atom. The molecule has 0 aliphatic carbocycles. The Labute approximate surface area is 135 Å². The molecule has 118 valence electrons. The van der Waals surface area contributed by atoms with Gasteiger partial charge in [0.2, 0.25) is 0 Å². The van der Waals surface area contributed by atoms with Crippen molar-refractivity contribution in [1.82, 2.24) is 5.32 Å². The maximum atomic E-state index is 12.1. The Balaban J connectivity index is 2.64. The predicted octanol–water partition coefficient (Wildman–Crippen LogP) is 3.02. The van der Waals surface area contributed by atoms with Crippen LogP contribution in [0.3, 0.4) is 0 Å². The van der Waals surface area contributed by atoms with Crippen LogP contribution in [-0.4, -0.2) is 32.5 Å². The molecule has 1 amide bonds. The van der Waals surface area contributed by atoms with E-state index in [4.69, 9.17) is 0 Å². The predicted molar refractivity (Wildman–Crippen MR) is 88.7 cm³/mol. The molecule has 0 bridgehead atoms. The van der Waals surface area contributed by atoms with Gasteiger partial charge in [0.25, 0.3) is 5.91 Å². The van der Waals surface area contributed by atoms with Crippen LogP contribution in [0, 0.1) is 5.41 Å². The minimum atomic E-state index is -3.23. The summed E-state index contributed by atoms with van der Waals surface area (Å²) in [6.45, 7) is 4.82. The molecule has 1 N–H and O–H groups in total. The molecule has 0 atom stereocenters. The van der Waals surface area contributed by atoms with E-state index >= 15 is 0 Å². The lowest BCUT2D eigenvalue weighted by Gasteiger charge is -2.24. The number of rotatable bonds is 7. The number of alkyl halides is 1. The second-order valence-corrected chi connectivity index (χ2v) is 8.74. The standard InChI is InChI=1S/C15H22BrNO3S/c1-15(2,9-4-10-16)11-17-14(18)12-5-7-13(8-6-12)21(3,19)20/h5-8H,4,9-11H2,1-3H3,(H,17,18). The van der Waals surface area contributed by atoms with Crippen LogP contribution in [0.1, 0.15) is 37.0 Å². The van der Waals surface area contributed by atoms with Crippen LogP contribution in [-0.2, 0) is 9.84 Å². The molecule has 21 heavy (non-hydrogen) atoms. The topological polar surface area (TPSA) is 63.2 Å². The van der Waals surface area contributed by atoms with Gasteiger partial charge in [0.1, 0.15) is 0 Å². The molecule has 0 aromatic heterocycles. The van der Waals surface area contributed by atoms with Crippen LogP contribution in [0.15, 0.2) is 29.2 Å². The van der Waals surface area contributed by atoms with E-state index in [0.29, 0.717) is 12.1 Å². The van der Waals surface area contributed by atoms with E-state index < -0.39 is 9.84 Å². The van der Waals surface area contributed by atoms with E-state index in [1.54, 1.807) is 0 Å². The fourth-order valence-electron chi connectivity index (χ4n) is 1.91. The number of sulfone groups is 1. The van der Waals surface area contributed by atoms with Crippen LogP contribution in [0.5, 0.6) is 0 Å². The number of carbonyl (C=O) groups is 1. The summed E-state index contributed by atoms with van der Waals surface area (Å²) in [7, 11) is -3.23. The zero-order valence-corrected chi connectivity index (χ0v) is 15.1. The SMILES string of the molecule is CC(C)(CCCBr)CNC(=O)c1ccc(S(C)(=O)=O)cc1. The third-order valence-electron chi connectivity index (χ3n) is 3.26. The molecule has 0 heterocycles.